The molecule has 1 fully saturated rings. The zero-order chi connectivity index (χ0) is 12.3. The Bertz CT molecular complexity index is 210. The maximum atomic E-state index is 12.3. The number of halogens is 3. The molecule has 0 aromatic heterocycles. The van der Waals surface area contributed by atoms with Crippen molar-refractivity contribution in [3.05, 3.63) is 0 Å². The van der Waals surface area contributed by atoms with Gasteiger partial charge in [0.1, 0.15) is 6.04 Å². The van der Waals surface area contributed by atoms with E-state index in [-0.39, 0.29) is 16.9 Å². The van der Waals surface area contributed by atoms with Gasteiger partial charge in [0.05, 0.1) is 0 Å². The van der Waals surface area contributed by atoms with E-state index in [1.807, 2.05) is 0 Å². The Kier molecular flexibility index (Phi) is 4.98. The summed E-state index contributed by atoms with van der Waals surface area (Å²) in [5, 5.41) is 3.46. The standard InChI is InChI=1S/C11H22F3NS/c1-8(11(12,13)14)15-9-4-6-10(7-5-9)16(2)3/h8-10,15-16H,4-7H2,1-3H3. The van der Waals surface area contributed by atoms with Crippen LogP contribution >= 0.6 is 10.9 Å². The molecule has 0 aliphatic heterocycles. The van der Waals surface area contributed by atoms with Gasteiger partial charge in [-0.2, -0.15) is 13.2 Å². The summed E-state index contributed by atoms with van der Waals surface area (Å²) in [6.07, 6.45) is 4.36. The Balaban J connectivity index is 2.32. The van der Waals surface area contributed by atoms with Crippen molar-refractivity contribution in [2.75, 3.05) is 12.5 Å². The predicted octanol–water partition coefficient (Wildman–Crippen LogP) is 3.10. The highest BCUT2D eigenvalue weighted by atomic mass is 32.2. The van der Waals surface area contributed by atoms with Gasteiger partial charge in [0.2, 0.25) is 0 Å². The van der Waals surface area contributed by atoms with Crippen molar-refractivity contribution in [2.24, 2.45) is 0 Å². The normalized spacial score (nSPS) is 30.0. The molecule has 1 aliphatic rings. The predicted molar refractivity (Wildman–Crippen MR) is 65.5 cm³/mol. The van der Waals surface area contributed by atoms with Crippen molar-refractivity contribution in [3.8, 4) is 0 Å². The molecule has 1 aliphatic carbocycles. The summed E-state index contributed by atoms with van der Waals surface area (Å²) < 4.78 is 37.0. The molecule has 0 radical (unpaired) electrons. The average molecular weight is 257 g/mol. The van der Waals surface area contributed by atoms with E-state index in [1.54, 1.807) is 0 Å². The fourth-order valence-electron chi connectivity index (χ4n) is 2.21. The maximum Gasteiger partial charge on any atom is 0.403 e. The van der Waals surface area contributed by atoms with Gasteiger partial charge in [-0.05, 0) is 50.4 Å². The molecule has 0 amide bonds. The van der Waals surface area contributed by atoms with E-state index >= 15 is 0 Å². The van der Waals surface area contributed by atoms with Gasteiger partial charge in [0.25, 0.3) is 0 Å². The van der Waals surface area contributed by atoms with Crippen LogP contribution in [0.1, 0.15) is 32.6 Å². The van der Waals surface area contributed by atoms with Crippen molar-refractivity contribution >= 4 is 10.9 Å². The quantitative estimate of drug-likeness (QED) is 0.740. The lowest BCUT2D eigenvalue weighted by molar-refractivity contribution is -0.153. The highest BCUT2D eigenvalue weighted by molar-refractivity contribution is 8.16. The van der Waals surface area contributed by atoms with Crippen LogP contribution in [0, 0.1) is 0 Å². The Morgan fingerprint density at radius 3 is 2.00 bits per heavy atom. The number of thiol groups is 1. The molecule has 0 bridgehead atoms. The van der Waals surface area contributed by atoms with E-state index < -0.39 is 12.2 Å². The minimum absolute atomic E-state index is 0.0582. The topological polar surface area (TPSA) is 12.0 Å². The van der Waals surface area contributed by atoms with Crippen LogP contribution in [-0.2, 0) is 0 Å². The van der Waals surface area contributed by atoms with Crippen LogP contribution in [0.3, 0.4) is 0 Å². The molecule has 1 nitrogen and oxygen atoms in total. The monoisotopic (exact) mass is 257 g/mol. The lowest BCUT2D eigenvalue weighted by atomic mass is 9.94. The number of alkyl halides is 3. The number of hydrogen-bond acceptors (Lipinski definition) is 1. The molecule has 1 unspecified atom stereocenters. The van der Waals surface area contributed by atoms with Crippen LogP contribution in [0.4, 0.5) is 13.2 Å². The van der Waals surface area contributed by atoms with Crippen LogP contribution in [-0.4, -0.2) is 36.0 Å². The molecular formula is C11H22F3NS. The largest absolute Gasteiger partial charge is 0.403 e. The van der Waals surface area contributed by atoms with Crippen LogP contribution < -0.4 is 5.32 Å². The molecule has 0 aromatic rings. The number of rotatable bonds is 3. The van der Waals surface area contributed by atoms with Crippen molar-refractivity contribution < 1.29 is 13.2 Å². The summed E-state index contributed by atoms with van der Waals surface area (Å²) in [6, 6.07) is -1.32. The Morgan fingerprint density at radius 2 is 1.62 bits per heavy atom. The third kappa shape index (κ3) is 4.17. The van der Waals surface area contributed by atoms with E-state index in [9.17, 15) is 13.2 Å². The van der Waals surface area contributed by atoms with Crippen LogP contribution in [0.15, 0.2) is 0 Å². The molecule has 1 atom stereocenters. The van der Waals surface area contributed by atoms with Crippen molar-refractivity contribution in [2.45, 2.75) is 56.1 Å². The zero-order valence-corrected chi connectivity index (χ0v) is 11.0. The van der Waals surface area contributed by atoms with E-state index in [0.29, 0.717) is 0 Å². The first-order valence-corrected chi connectivity index (χ1v) is 8.10. The van der Waals surface area contributed by atoms with E-state index in [4.69, 9.17) is 0 Å². The van der Waals surface area contributed by atoms with Gasteiger partial charge in [-0.15, -0.1) is 0 Å². The van der Waals surface area contributed by atoms with Crippen molar-refractivity contribution in [3.63, 3.8) is 0 Å². The number of hydrogen-bond donors (Lipinski definition) is 2. The molecule has 5 heteroatoms. The second-order valence-electron chi connectivity index (χ2n) is 4.90. The minimum atomic E-state index is -4.11. The third-order valence-corrected chi connectivity index (χ3v) is 5.38. The SMILES string of the molecule is CC(NC1CCC([SH](C)C)CC1)C(F)(F)F. The van der Waals surface area contributed by atoms with Crippen LogP contribution in [0.2, 0.25) is 0 Å². The fourth-order valence-corrected chi connectivity index (χ4v) is 3.54. The zero-order valence-electron chi connectivity index (χ0n) is 10.1. The van der Waals surface area contributed by atoms with Crippen molar-refractivity contribution in [1.82, 2.24) is 5.32 Å². The molecule has 0 heterocycles. The molecule has 1 N–H and O–H groups in total. The highest BCUT2D eigenvalue weighted by Gasteiger charge is 2.37. The highest BCUT2D eigenvalue weighted by Crippen LogP contribution is 2.35. The second-order valence-corrected chi connectivity index (χ2v) is 7.56. The van der Waals surface area contributed by atoms with Crippen molar-refractivity contribution in [1.29, 1.82) is 0 Å². The summed E-state index contributed by atoms with van der Waals surface area (Å²) >= 11 is 0. The second kappa shape index (κ2) is 5.63. The van der Waals surface area contributed by atoms with Gasteiger partial charge >= 0.3 is 6.18 Å². The Morgan fingerprint density at radius 1 is 1.12 bits per heavy atom. The lowest BCUT2D eigenvalue weighted by Gasteiger charge is -2.34. The van der Waals surface area contributed by atoms with Gasteiger partial charge in [0.15, 0.2) is 0 Å². The smallest absolute Gasteiger partial charge is 0.304 e. The molecule has 0 spiro atoms. The molecule has 98 valence electrons. The summed E-state index contributed by atoms with van der Waals surface area (Å²) in [4.78, 5) is 0. The Hall–Kier alpha value is 0.100. The third-order valence-electron chi connectivity index (χ3n) is 3.40. The molecule has 16 heavy (non-hydrogen) atoms. The Labute approximate surface area is 98.5 Å². The summed E-state index contributed by atoms with van der Waals surface area (Å²) in [7, 11) is 0.0694. The van der Waals surface area contributed by atoms with Crippen LogP contribution in [0.5, 0.6) is 0 Å². The summed E-state index contributed by atoms with van der Waals surface area (Å²) in [5.74, 6) is 0. The average Bonchev–Trinajstić information content (AvgIpc) is 2.17. The van der Waals surface area contributed by atoms with Gasteiger partial charge in [0, 0.05) is 6.04 Å². The fraction of sp³-hybridized carbons (Fsp3) is 1.00. The lowest BCUT2D eigenvalue weighted by Crippen LogP contribution is -2.46. The van der Waals surface area contributed by atoms with E-state index in [2.05, 4.69) is 17.8 Å². The molecular weight excluding hydrogens is 235 g/mol. The minimum Gasteiger partial charge on any atom is -0.304 e. The molecule has 1 saturated carbocycles. The summed E-state index contributed by atoms with van der Waals surface area (Å²) in [6.45, 7) is 1.21. The first-order chi connectivity index (χ1) is 7.30. The number of nitrogens with one attached hydrogen (secondary N) is 1. The van der Waals surface area contributed by atoms with Crippen LogP contribution in [0.25, 0.3) is 0 Å². The molecule has 0 saturated heterocycles. The maximum absolute atomic E-state index is 12.3. The van der Waals surface area contributed by atoms with Gasteiger partial charge in [-0.3, -0.25) is 10.9 Å². The van der Waals surface area contributed by atoms with Gasteiger partial charge in [-0.25, -0.2) is 0 Å². The van der Waals surface area contributed by atoms with E-state index in [1.165, 1.54) is 6.92 Å². The first-order valence-electron chi connectivity index (χ1n) is 5.80. The van der Waals surface area contributed by atoms with E-state index in [0.717, 1.165) is 30.9 Å². The molecule has 0 aromatic carbocycles. The van der Waals surface area contributed by atoms with Gasteiger partial charge < -0.3 is 5.32 Å². The van der Waals surface area contributed by atoms with Gasteiger partial charge in [-0.1, -0.05) is 0 Å². The first kappa shape index (κ1) is 14.2. The summed E-state index contributed by atoms with van der Waals surface area (Å²) in [5.41, 5.74) is 0. The molecule has 1 rings (SSSR count).